The lowest BCUT2D eigenvalue weighted by Gasteiger charge is -2.12. The van der Waals surface area contributed by atoms with Crippen LogP contribution in [0.25, 0.3) is 10.8 Å². The van der Waals surface area contributed by atoms with Gasteiger partial charge in [0.05, 0.1) is 6.04 Å². The number of fused-ring (bicyclic) bond motifs is 1. The molecule has 0 radical (unpaired) electrons. The molecular weight excluding hydrogens is 224 g/mol. The minimum atomic E-state index is -0.0380. The summed E-state index contributed by atoms with van der Waals surface area (Å²) in [4.78, 5) is 12.1. The lowest BCUT2D eigenvalue weighted by atomic mass is 10.1. The number of hydrogen-bond acceptors (Lipinski definition) is 2. The molecular formula is C15H16N2O. The second-order valence-electron chi connectivity index (χ2n) is 4.66. The van der Waals surface area contributed by atoms with Crippen molar-refractivity contribution in [2.24, 2.45) is 0 Å². The maximum Gasteiger partial charge on any atom is 0.241 e. The van der Waals surface area contributed by atoms with E-state index in [1.807, 2.05) is 30.3 Å². The van der Waals surface area contributed by atoms with E-state index in [2.05, 4.69) is 22.8 Å². The zero-order valence-electron chi connectivity index (χ0n) is 10.1. The molecule has 2 aromatic rings. The predicted octanol–water partition coefficient (Wildman–Crippen LogP) is 2.53. The van der Waals surface area contributed by atoms with E-state index in [9.17, 15) is 4.79 Å². The van der Waals surface area contributed by atoms with Gasteiger partial charge in [0.1, 0.15) is 0 Å². The molecule has 0 aliphatic carbocycles. The van der Waals surface area contributed by atoms with Gasteiger partial charge in [-0.1, -0.05) is 36.4 Å². The van der Waals surface area contributed by atoms with Crippen molar-refractivity contribution in [1.29, 1.82) is 0 Å². The Morgan fingerprint density at radius 1 is 1.17 bits per heavy atom. The number of carbonyl (C=O) groups is 1. The van der Waals surface area contributed by atoms with E-state index in [0.717, 1.165) is 35.8 Å². The molecule has 1 atom stereocenters. The molecule has 3 nitrogen and oxygen atoms in total. The summed E-state index contributed by atoms with van der Waals surface area (Å²) < 4.78 is 0. The van der Waals surface area contributed by atoms with Crippen LogP contribution in [0.5, 0.6) is 0 Å². The van der Waals surface area contributed by atoms with Crippen molar-refractivity contribution in [2.75, 3.05) is 11.9 Å². The smallest absolute Gasteiger partial charge is 0.241 e. The van der Waals surface area contributed by atoms with Crippen LogP contribution in [-0.2, 0) is 4.79 Å². The summed E-state index contributed by atoms with van der Waals surface area (Å²) in [5.74, 6) is 0.0730. The zero-order chi connectivity index (χ0) is 12.4. The predicted molar refractivity (Wildman–Crippen MR) is 73.6 cm³/mol. The number of rotatable bonds is 2. The molecule has 1 heterocycles. The summed E-state index contributed by atoms with van der Waals surface area (Å²) in [6.45, 7) is 0.938. The third-order valence-corrected chi connectivity index (χ3v) is 3.42. The van der Waals surface area contributed by atoms with Gasteiger partial charge in [0.25, 0.3) is 0 Å². The molecule has 2 N–H and O–H groups in total. The van der Waals surface area contributed by atoms with Gasteiger partial charge in [-0.05, 0) is 30.8 Å². The quantitative estimate of drug-likeness (QED) is 0.847. The normalized spacial score (nSPS) is 19.0. The van der Waals surface area contributed by atoms with Crippen molar-refractivity contribution in [3.63, 3.8) is 0 Å². The molecule has 1 amide bonds. The van der Waals surface area contributed by atoms with E-state index >= 15 is 0 Å². The molecule has 3 heteroatoms. The SMILES string of the molecule is O=C(Nc1cccc2ccccc12)[C@@H]1CCCN1. The maximum absolute atomic E-state index is 12.1. The fourth-order valence-corrected chi connectivity index (χ4v) is 2.46. The van der Waals surface area contributed by atoms with Crippen molar-refractivity contribution in [3.05, 3.63) is 42.5 Å². The summed E-state index contributed by atoms with van der Waals surface area (Å²) in [6.07, 6.45) is 2.00. The van der Waals surface area contributed by atoms with Gasteiger partial charge in [-0.2, -0.15) is 0 Å². The summed E-state index contributed by atoms with van der Waals surface area (Å²) in [5, 5.41) is 8.48. The number of anilines is 1. The van der Waals surface area contributed by atoms with Gasteiger partial charge in [0, 0.05) is 11.1 Å². The van der Waals surface area contributed by atoms with Crippen LogP contribution < -0.4 is 10.6 Å². The van der Waals surface area contributed by atoms with Crippen LogP contribution in [0.2, 0.25) is 0 Å². The van der Waals surface area contributed by atoms with Gasteiger partial charge >= 0.3 is 0 Å². The molecule has 0 unspecified atom stereocenters. The fraction of sp³-hybridized carbons (Fsp3) is 0.267. The van der Waals surface area contributed by atoms with Gasteiger partial charge in [-0.25, -0.2) is 0 Å². The van der Waals surface area contributed by atoms with Crippen LogP contribution in [0.3, 0.4) is 0 Å². The highest BCUT2D eigenvalue weighted by atomic mass is 16.2. The minimum absolute atomic E-state index is 0.0380. The Morgan fingerprint density at radius 2 is 2.00 bits per heavy atom. The highest BCUT2D eigenvalue weighted by Crippen LogP contribution is 2.23. The van der Waals surface area contributed by atoms with E-state index < -0.39 is 0 Å². The van der Waals surface area contributed by atoms with Crippen LogP contribution in [-0.4, -0.2) is 18.5 Å². The zero-order valence-corrected chi connectivity index (χ0v) is 10.1. The number of benzene rings is 2. The summed E-state index contributed by atoms with van der Waals surface area (Å²) >= 11 is 0. The Morgan fingerprint density at radius 3 is 2.83 bits per heavy atom. The van der Waals surface area contributed by atoms with Crippen molar-refractivity contribution in [1.82, 2.24) is 5.32 Å². The van der Waals surface area contributed by atoms with Gasteiger partial charge < -0.3 is 10.6 Å². The number of hydrogen-bond donors (Lipinski definition) is 2. The monoisotopic (exact) mass is 240 g/mol. The first-order valence-electron chi connectivity index (χ1n) is 6.36. The molecule has 0 saturated carbocycles. The van der Waals surface area contributed by atoms with Gasteiger partial charge in [0.15, 0.2) is 0 Å². The molecule has 0 bridgehead atoms. The van der Waals surface area contributed by atoms with Gasteiger partial charge in [0.2, 0.25) is 5.91 Å². The highest BCUT2D eigenvalue weighted by Gasteiger charge is 2.22. The first-order valence-corrected chi connectivity index (χ1v) is 6.36. The fourth-order valence-electron chi connectivity index (χ4n) is 2.46. The summed E-state index contributed by atoms with van der Waals surface area (Å²) in [7, 11) is 0. The summed E-state index contributed by atoms with van der Waals surface area (Å²) in [6, 6.07) is 14.0. The Kier molecular flexibility index (Phi) is 2.99. The maximum atomic E-state index is 12.1. The number of carbonyl (C=O) groups excluding carboxylic acids is 1. The molecule has 1 saturated heterocycles. The third-order valence-electron chi connectivity index (χ3n) is 3.42. The van der Waals surface area contributed by atoms with E-state index in [1.165, 1.54) is 0 Å². The van der Waals surface area contributed by atoms with Gasteiger partial charge in [-0.15, -0.1) is 0 Å². The standard InChI is InChI=1S/C15H16N2O/c18-15(14-9-4-10-16-14)17-13-8-3-6-11-5-1-2-7-12(11)13/h1-3,5-8,14,16H,4,9-10H2,(H,17,18)/t14-/m0/s1. The molecule has 0 spiro atoms. The number of amides is 1. The Bertz CT molecular complexity index is 568. The van der Waals surface area contributed by atoms with E-state index in [4.69, 9.17) is 0 Å². The lowest BCUT2D eigenvalue weighted by molar-refractivity contribution is -0.117. The molecule has 92 valence electrons. The first-order chi connectivity index (χ1) is 8.84. The molecule has 3 rings (SSSR count). The van der Waals surface area contributed by atoms with Gasteiger partial charge in [-0.3, -0.25) is 4.79 Å². The van der Waals surface area contributed by atoms with Crippen LogP contribution >= 0.6 is 0 Å². The Hall–Kier alpha value is -1.87. The average Bonchev–Trinajstić information content (AvgIpc) is 2.93. The van der Waals surface area contributed by atoms with Crippen LogP contribution in [0, 0.1) is 0 Å². The molecule has 1 fully saturated rings. The van der Waals surface area contributed by atoms with E-state index in [1.54, 1.807) is 0 Å². The van der Waals surface area contributed by atoms with Crippen molar-refractivity contribution >= 4 is 22.4 Å². The van der Waals surface area contributed by atoms with Crippen LogP contribution in [0.1, 0.15) is 12.8 Å². The molecule has 1 aliphatic rings. The highest BCUT2D eigenvalue weighted by molar-refractivity contribution is 6.03. The largest absolute Gasteiger partial charge is 0.324 e. The Balaban J connectivity index is 1.88. The summed E-state index contributed by atoms with van der Waals surface area (Å²) in [5.41, 5.74) is 0.895. The van der Waals surface area contributed by atoms with E-state index in [0.29, 0.717) is 0 Å². The molecule has 18 heavy (non-hydrogen) atoms. The van der Waals surface area contributed by atoms with Crippen LogP contribution in [0.4, 0.5) is 5.69 Å². The molecule has 2 aromatic carbocycles. The van der Waals surface area contributed by atoms with Crippen molar-refractivity contribution in [2.45, 2.75) is 18.9 Å². The van der Waals surface area contributed by atoms with Crippen molar-refractivity contribution in [3.8, 4) is 0 Å². The average molecular weight is 240 g/mol. The van der Waals surface area contributed by atoms with Crippen molar-refractivity contribution < 1.29 is 4.79 Å². The second kappa shape index (κ2) is 4.78. The Labute approximate surface area is 106 Å². The lowest BCUT2D eigenvalue weighted by Crippen LogP contribution is -2.35. The molecule has 1 aliphatic heterocycles. The third kappa shape index (κ3) is 2.09. The van der Waals surface area contributed by atoms with E-state index in [-0.39, 0.29) is 11.9 Å². The second-order valence-corrected chi connectivity index (χ2v) is 4.66. The number of nitrogens with one attached hydrogen (secondary N) is 2. The molecule has 0 aromatic heterocycles. The minimum Gasteiger partial charge on any atom is -0.324 e. The van der Waals surface area contributed by atoms with Crippen LogP contribution in [0.15, 0.2) is 42.5 Å². The topological polar surface area (TPSA) is 41.1 Å². The first kappa shape index (κ1) is 11.2.